The molecule has 0 spiro atoms. The number of aliphatic carboxylic acids is 1. The lowest BCUT2D eigenvalue weighted by Gasteiger charge is -2.15. The Bertz CT molecular complexity index is 505. The van der Waals surface area contributed by atoms with Crippen molar-refractivity contribution in [3.8, 4) is 0 Å². The number of fused-ring (bicyclic) bond motifs is 1. The number of carboxylic acid groups (broad SMARTS) is 1. The van der Waals surface area contributed by atoms with Crippen molar-refractivity contribution in [1.82, 2.24) is 0 Å². The molecule has 1 N–H and O–H groups in total. The van der Waals surface area contributed by atoms with Gasteiger partial charge in [-0.15, -0.1) is 0 Å². The van der Waals surface area contributed by atoms with Crippen molar-refractivity contribution in [2.75, 3.05) is 11.4 Å². The van der Waals surface area contributed by atoms with Crippen LogP contribution in [0.25, 0.3) is 5.57 Å². The number of hydrogen-bond donors (Lipinski definition) is 1. The molecule has 1 aromatic rings. The van der Waals surface area contributed by atoms with E-state index in [4.69, 9.17) is 5.11 Å². The van der Waals surface area contributed by atoms with Gasteiger partial charge < -0.3 is 10.0 Å². The molecule has 1 heterocycles. The first-order valence-electron chi connectivity index (χ1n) is 5.51. The standard InChI is InChI=1S/C13H13NO3/c1-2-7-14-11-6-4-3-5-9(11)10(13(14)17)8-12(15)16/h3-6,8H,2,7H2,1H3,(H,15,16)/b10-8-. The number of carboxylic acids is 1. The highest BCUT2D eigenvalue weighted by Gasteiger charge is 2.31. The fraction of sp³-hybridized carbons (Fsp3) is 0.231. The van der Waals surface area contributed by atoms with Crippen LogP contribution >= 0.6 is 0 Å². The van der Waals surface area contributed by atoms with Crippen LogP contribution < -0.4 is 4.90 Å². The molecule has 0 aliphatic carbocycles. The van der Waals surface area contributed by atoms with Crippen LogP contribution in [-0.4, -0.2) is 23.5 Å². The number of para-hydroxylation sites is 1. The van der Waals surface area contributed by atoms with Gasteiger partial charge in [-0.3, -0.25) is 4.79 Å². The zero-order valence-corrected chi connectivity index (χ0v) is 9.51. The van der Waals surface area contributed by atoms with Gasteiger partial charge in [0.1, 0.15) is 0 Å². The molecule has 17 heavy (non-hydrogen) atoms. The smallest absolute Gasteiger partial charge is 0.329 e. The SMILES string of the molecule is CCCN1C(=O)/C(=C\C(=O)O)c2ccccc21. The normalized spacial score (nSPS) is 16.4. The fourth-order valence-electron chi connectivity index (χ4n) is 2.02. The summed E-state index contributed by atoms with van der Waals surface area (Å²) < 4.78 is 0. The van der Waals surface area contributed by atoms with Gasteiger partial charge in [0.2, 0.25) is 0 Å². The van der Waals surface area contributed by atoms with Crippen LogP contribution in [0.3, 0.4) is 0 Å². The van der Waals surface area contributed by atoms with E-state index in [1.165, 1.54) is 0 Å². The van der Waals surface area contributed by atoms with Gasteiger partial charge in [-0.05, 0) is 12.5 Å². The van der Waals surface area contributed by atoms with Crippen molar-refractivity contribution in [2.45, 2.75) is 13.3 Å². The number of carbonyl (C=O) groups is 2. The molecule has 4 nitrogen and oxygen atoms in total. The van der Waals surface area contributed by atoms with Gasteiger partial charge in [0.25, 0.3) is 5.91 Å². The number of benzene rings is 1. The summed E-state index contributed by atoms with van der Waals surface area (Å²) in [6, 6.07) is 7.26. The van der Waals surface area contributed by atoms with Crippen LogP contribution in [0, 0.1) is 0 Å². The largest absolute Gasteiger partial charge is 0.478 e. The summed E-state index contributed by atoms with van der Waals surface area (Å²) in [5, 5.41) is 8.79. The van der Waals surface area contributed by atoms with Gasteiger partial charge in [-0.1, -0.05) is 25.1 Å². The van der Waals surface area contributed by atoms with Crippen molar-refractivity contribution < 1.29 is 14.7 Å². The Labute approximate surface area is 99.2 Å². The molecule has 0 saturated carbocycles. The number of anilines is 1. The van der Waals surface area contributed by atoms with E-state index in [1.807, 2.05) is 19.1 Å². The lowest BCUT2D eigenvalue weighted by Crippen LogP contribution is -2.27. The zero-order chi connectivity index (χ0) is 12.4. The van der Waals surface area contributed by atoms with Crippen LogP contribution in [-0.2, 0) is 9.59 Å². The summed E-state index contributed by atoms with van der Waals surface area (Å²) >= 11 is 0. The third-order valence-corrected chi connectivity index (χ3v) is 2.68. The van der Waals surface area contributed by atoms with E-state index < -0.39 is 5.97 Å². The second-order valence-electron chi connectivity index (χ2n) is 3.87. The van der Waals surface area contributed by atoms with Crippen molar-refractivity contribution >= 4 is 23.1 Å². The Morgan fingerprint density at radius 3 is 2.76 bits per heavy atom. The minimum absolute atomic E-state index is 0.226. The summed E-state index contributed by atoms with van der Waals surface area (Å²) in [7, 11) is 0. The molecule has 0 aromatic heterocycles. The Morgan fingerprint density at radius 1 is 1.41 bits per heavy atom. The van der Waals surface area contributed by atoms with Crippen LogP contribution in [0.15, 0.2) is 30.3 Å². The number of hydrogen-bond acceptors (Lipinski definition) is 2. The van der Waals surface area contributed by atoms with Crippen molar-refractivity contribution in [3.63, 3.8) is 0 Å². The van der Waals surface area contributed by atoms with E-state index in [1.54, 1.807) is 17.0 Å². The maximum atomic E-state index is 12.1. The number of nitrogens with zero attached hydrogens (tertiary/aromatic N) is 1. The van der Waals surface area contributed by atoms with Gasteiger partial charge in [0.05, 0.1) is 11.3 Å². The van der Waals surface area contributed by atoms with Crippen LogP contribution in [0.2, 0.25) is 0 Å². The van der Waals surface area contributed by atoms with Gasteiger partial charge in [-0.2, -0.15) is 0 Å². The first kappa shape index (κ1) is 11.4. The summed E-state index contributed by atoms with van der Waals surface area (Å²) in [5.74, 6) is -1.32. The highest BCUT2D eigenvalue weighted by molar-refractivity contribution is 6.34. The minimum atomic E-state index is -1.10. The molecule has 1 amide bonds. The lowest BCUT2D eigenvalue weighted by molar-refractivity contribution is -0.131. The zero-order valence-electron chi connectivity index (χ0n) is 9.51. The second kappa shape index (κ2) is 4.41. The first-order valence-corrected chi connectivity index (χ1v) is 5.51. The molecule has 1 aliphatic heterocycles. The Morgan fingerprint density at radius 2 is 2.12 bits per heavy atom. The van der Waals surface area contributed by atoms with Crippen molar-refractivity contribution in [3.05, 3.63) is 35.9 Å². The molecule has 0 atom stereocenters. The monoisotopic (exact) mass is 231 g/mol. The molecular formula is C13H13NO3. The maximum absolute atomic E-state index is 12.1. The second-order valence-corrected chi connectivity index (χ2v) is 3.87. The Balaban J connectivity index is 2.53. The van der Waals surface area contributed by atoms with E-state index in [2.05, 4.69) is 0 Å². The fourth-order valence-corrected chi connectivity index (χ4v) is 2.02. The van der Waals surface area contributed by atoms with Crippen LogP contribution in [0.5, 0.6) is 0 Å². The molecule has 0 unspecified atom stereocenters. The highest BCUT2D eigenvalue weighted by Crippen LogP contribution is 2.36. The molecule has 88 valence electrons. The maximum Gasteiger partial charge on any atom is 0.329 e. The van der Waals surface area contributed by atoms with Gasteiger partial charge in [0.15, 0.2) is 0 Å². The molecule has 0 bridgehead atoms. The van der Waals surface area contributed by atoms with Crippen LogP contribution in [0.1, 0.15) is 18.9 Å². The molecule has 0 fully saturated rings. The van der Waals surface area contributed by atoms with Gasteiger partial charge >= 0.3 is 5.97 Å². The first-order chi connectivity index (χ1) is 8.15. The summed E-state index contributed by atoms with van der Waals surface area (Å²) in [4.78, 5) is 24.4. The third kappa shape index (κ3) is 1.93. The summed E-state index contributed by atoms with van der Waals surface area (Å²) in [5.41, 5.74) is 1.77. The van der Waals surface area contributed by atoms with E-state index in [-0.39, 0.29) is 11.5 Å². The van der Waals surface area contributed by atoms with E-state index >= 15 is 0 Å². The average molecular weight is 231 g/mol. The molecule has 0 radical (unpaired) electrons. The van der Waals surface area contributed by atoms with Gasteiger partial charge in [0, 0.05) is 18.2 Å². The number of amides is 1. The van der Waals surface area contributed by atoms with E-state index in [9.17, 15) is 9.59 Å². The number of rotatable bonds is 3. The molecule has 4 heteroatoms. The third-order valence-electron chi connectivity index (χ3n) is 2.68. The number of carbonyl (C=O) groups excluding carboxylic acids is 1. The van der Waals surface area contributed by atoms with Gasteiger partial charge in [-0.25, -0.2) is 4.79 Å². The molecule has 0 saturated heterocycles. The quantitative estimate of drug-likeness (QED) is 0.808. The Kier molecular flexibility index (Phi) is 2.95. The Hall–Kier alpha value is -2.10. The minimum Gasteiger partial charge on any atom is -0.478 e. The van der Waals surface area contributed by atoms with Crippen LogP contribution in [0.4, 0.5) is 5.69 Å². The summed E-state index contributed by atoms with van der Waals surface area (Å²) in [6.07, 6.45) is 1.82. The van der Waals surface area contributed by atoms with E-state index in [0.29, 0.717) is 12.1 Å². The topological polar surface area (TPSA) is 57.6 Å². The van der Waals surface area contributed by atoms with Crippen molar-refractivity contribution in [1.29, 1.82) is 0 Å². The van der Waals surface area contributed by atoms with E-state index in [0.717, 1.165) is 18.2 Å². The highest BCUT2D eigenvalue weighted by atomic mass is 16.4. The molecule has 2 rings (SSSR count). The van der Waals surface area contributed by atoms with Crippen molar-refractivity contribution in [2.24, 2.45) is 0 Å². The summed E-state index contributed by atoms with van der Waals surface area (Å²) in [6.45, 7) is 2.58. The molecule has 1 aliphatic rings. The molecule has 1 aromatic carbocycles. The average Bonchev–Trinajstić information content (AvgIpc) is 2.55. The lowest BCUT2D eigenvalue weighted by atomic mass is 10.1. The predicted octanol–water partition coefficient (Wildman–Crippen LogP) is 1.91. The predicted molar refractivity (Wildman–Crippen MR) is 64.7 cm³/mol. The molecular weight excluding hydrogens is 218 g/mol.